The number of ether oxygens (including phenoxy) is 1. The molecule has 1 N–H and O–H groups in total. The van der Waals surface area contributed by atoms with Crippen LogP contribution in [0.5, 0.6) is 0 Å². The molecule has 3 heteroatoms. The van der Waals surface area contributed by atoms with Gasteiger partial charge in [-0.25, -0.2) is 0 Å². The number of aliphatic hydroxyl groups is 1. The Morgan fingerprint density at radius 1 is 1.29 bits per heavy atom. The van der Waals surface area contributed by atoms with Crippen LogP contribution in [-0.2, 0) is 9.53 Å². The molecule has 17 heavy (non-hydrogen) atoms. The molecule has 0 aliphatic carbocycles. The fourth-order valence-electron chi connectivity index (χ4n) is 2.22. The van der Waals surface area contributed by atoms with E-state index in [1.807, 2.05) is 32.9 Å². The summed E-state index contributed by atoms with van der Waals surface area (Å²) in [4.78, 5) is 11.0. The molecule has 0 aliphatic heterocycles. The van der Waals surface area contributed by atoms with Crippen LogP contribution in [0.25, 0.3) is 0 Å². The van der Waals surface area contributed by atoms with E-state index in [1.54, 1.807) is 0 Å². The van der Waals surface area contributed by atoms with Gasteiger partial charge in [0.2, 0.25) is 0 Å². The van der Waals surface area contributed by atoms with Crippen molar-refractivity contribution in [3.05, 3.63) is 34.4 Å². The van der Waals surface area contributed by atoms with Crippen LogP contribution in [0, 0.1) is 20.8 Å². The van der Waals surface area contributed by atoms with Crippen molar-refractivity contribution >= 4 is 5.97 Å². The van der Waals surface area contributed by atoms with Gasteiger partial charge in [-0.1, -0.05) is 17.7 Å². The summed E-state index contributed by atoms with van der Waals surface area (Å²) in [6.45, 7) is 6.00. The Balaban J connectivity index is 2.82. The van der Waals surface area contributed by atoms with E-state index in [4.69, 9.17) is 0 Å². The van der Waals surface area contributed by atoms with Crippen molar-refractivity contribution in [3.8, 4) is 0 Å². The number of hydrogen-bond donors (Lipinski definition) is 1. The summed E-state index contributed by atoms with van der Waals surface area (Å²) >= 11 is 0. The van der Waals surface area contributed by atoms with Crippen molar-refractivity contribution in [2.75, 3.05) is 7.11 Å². The largest absolute Gasteiger partial charge is 0.469 e. The van der Waals surface area contributed by atoms with Gasteiger partial charge in [0.1, 0.15) is 0 Å². The summed E-state index contributed by atoms with van der Waals surface area (Å²) in [5.41, 5.74) is 4.25. The molecule has 1 rings (SSSR count). The van der Waals surface area contributed by atoms with Crippen molar-refractivity contribution < 1.29 is 14.6 Å². The highest BCUT2D eigenvalue weighted by atomic mass is 16.5. The van der Waals surface area contributed by atoms with Crippen molar-refractivity contribution in [1.29, 1.82) is 0 Å². The number of benzene rings is 1. The summed E-state index contributed by atoms with van der Waals surface area (Å²) in [6, 6.07) is 4.09. The molecule has 0 saturated heterocycles. The first-order chi connectivity index (χ1) is 7.95. The SMILES string of the molecule is COC(=O)CCC(O)c1c(C)cc(C)cc1C. The number of methoxy groups -OCH3 is 1. The molecule has 0 aromatic heterocycles. The van der Waals surface area contributed by atoms with Gasteiger partial charge in [-0.2, -0.15) is 0 Å². The monoisotopic (exact) mass is 236 g/mol. The van der Waals surface area contributed by atoms with Crippen LogP contribution in [0.4, 0.5) is 0 Å². The Morgan fingerprint density at radius 3 is 2.29 bits per heavy atom. The van der Waals surface area contributed by atoms with E-state index >= 15 is 0 Å². The maximum atomic E-state index is 11.0. The Hall–Kier alpha value is -1.35. The Bertz CT molecular complexity index is 387. The average molecular weight is 236 g/mol. The third-order valence-electron chi connectivity index (χ3n) is 2.92. The number of aliphatic hydroxyl groups excluding tert-OH is 1. The standard InChI is InChI=1S/C14H20O3/c1-9-7-10(2)14(11(3)8-9)12(15)5-6-13(16)17-4/h7-8,12,15H,5-6H2,1-4H3. The summed E-state index contributed by atoms with van der Waals surface area (Å²) in [7, 11) is 1.36. The van der Waals surface area contributed by atoms with Gasteiger partial charge in [0.25, 0.3) is 0 Å². The second kappa shape index (κ2) is 5.82. The second-order valence-electron chi connectivity index (χ2n) is 4.44. The average Bonchev–Trinajstić information content (AvgIpc) is 2.24. The van der Waals surface area contributed by atoms with E-state index in [0.29, 0.717) is 6.42 Å². The number of hydrogen-bond acceptors (Lipinski definition) is 3. The molecule has 3 nitrogen and oxygen atoms in total. The van der Waals surface area contributed by atoms with Gasteiger partial charge in [-0.3, -0.25) is 4.79 Å². The summed E-state index contributed by atoms with van der Waals surface area (Å²) < 4.78 is 4.57. The normalized spacial score (nSPS) is 12.3. The Labute approximate surface area is 102 Å². The van der Waals surface area contributed by atoms with Gasteiger partial charge in [-0.15, -0.1) is 0 Å². The molecule has 0 radical (unpaired) electrons. The van der Waals surface area contributed by atoms with E-state index in [0.717, 1.165) is 16.7 Å². The smallest absolute Gasteiger partial charge is 0.305 e. The minimum Gasteiger partial charge on any atom is -0.469 e. The molecule has 0 saturated carbocycles. The van der Waals surface area contributed by atoms with Gasteiger partial charge < -0.3 is 9.84 Å². The van der Waals surface area contributed by atoms with Crippen LogP contribution in [0.2, 0.25) is 0 Å². The predicted molar refractivity (Wildman–Crippen MR) is 66.9 cm³/mol. The van der Waals surface area contributed by atoms with Crippen molar-refractivity contribution in [2.45, 2.75) is 39.7 Å². The summed E-state index contributed by atoms with van der Waals surface area (Å²) in [5.74, 6) is -0.286. The number of carbonyl (C=O) groups excluding carboxylic acids is 1. The van der Waals surface area contributed by atoms with Crippen LogP contribution in [0.15, 0.2) is 12.1 Å². The molecule has 0 fully saturated rings. The molecule has 1 atom stereocenters. The molecule has 94 valence electrons. The lowest BCUT2D eigenvalue weighted by Crippen LogP contribution is -2.07. The molecule has 1 aromatic rings. The van der Waals surface area contributed by atoms with E-state index in [9.17, 15) is 9.90 Å². The van der Waals surface area contributed by atoms with Crippen LogP contribution in [-0.4, -0.2) is 18.2 Å². The zero-order valence-corrected chi connectivity index (χ0v) is 10.9. The first-order valence-corrected chi connectivity index (χ1v) is 5.78. The minimum absolute atomic E-state index is 0.240. The quantitative estimate of drug-likeness (QED) is 0.817. The highest BCUT2D eigenvalue weighted by molar-refractivity contribution is 5.69. The number of rotatable bonds is 4. The molecular weight excluding hydrogens is 216 g/mol. The van der Waals surface area contributed by atoms with Crippen LogP contribution >= 0.6 is 0 Å². The van der Waals surface area contributed by atoms with Gasteiger partial charge in [0, 0.05) is 6.42 Å². The van der Waals surface area contributed by atoms with E-state index in [-0.39, 0.29) is 12.4 Å². The number of carbonyl (C=O) groups is 1. The molecule has 1 unspecified atom stereocenters. The fraction of sp³-hybridized carbons (Fsp3) is 0.500. The molecule has 0 amide bonds. The van der Waals surface area contributed by atoms with Gasteiger partial charge in [0.15, 0.2) is 0 Å². The van der Waals surface area contributed by atoms with Gasteiger partial charge >= 0.3 is 5.97 Å². The van der Waals surface area contributed by atoms with E-state index in [1.165, 1.54) is 12.7 Å². The number of aryl methyl sites for hydroxylation is 3. The van der Waals surface area contributed by atoms with Crippen LogP contribution in [0.1, 0.15) is 41.2 Å². The highest BCUT2D eigenvalue weighted by Gasteiger charge is 2.15. The molecular formula is C14H20O3. The number of esters is 1. The molecule has 0 bridgehead atoms. The first kappa shape index (κ1) is 13.7. The van der Waals surface area contributed by atoms with Crippen molar-refractivity contribution in [1.82, 2.24) is 0 Å². The van der Waals surface area contributed by atoms with Crippen molar-refractivity contribution in [2.24, 2.45) is 0 Å². The van der Waals surface area contributed by atoms with Gasteiger partial charge in [0.05, 0.1) is 13.2 Å². The second-order valence-corrected chi connectivity index (χ2v) is 4.44. The predicted octanol–water partition coefficient (Wildman–Crippen LogP) is 2.60. The van der Waals surface area contributed by atoms with Crippen LogP contribution in [0.3, 0.4) is 0 Å². The minimum atomic E-state index is -0.602. The lowest BCUT2D eigenvalue weighted by molar-refractivity contribution is -0.141. The van der Waals surface area contributed by atoms with E-state index in [2.05, 4.69) is 4.74 Å². The van der Waals surface area contributed by atoms with E-state index < -0.39 is 6.10 Å². The zero-order valence-electron chi connectivity index (χ0n) is 10.9. The highest BCUT2D eigenvalue weighted by Crippen LogP contribution is 2.26. The Kier molecular flexibility index (Phi) is 4.70. The lowest BCUT2D eigenvalue weighted by Gasteiger charge is -2.17. The summed E-state index contributed by atoms with van der Waals surface area (Å²) in [6.07, 6.45) is 0.0386. The zero-order chi connectivity index (χ0) is 13.0. The van der Waals surface area contributed by atoms with Crippen LogP contribution < -0.4 is 0 Å². The third kappa shape index (κ3) is 3.56. The maximum absolute atomic E-state index is 11.0. The van der Waals surface area contributed by atoms with Gasteiger partial charge in [-0.05, 0) is 43.9 Å². The molecule has 0 spiro atoms. The molecule has 1 aromatic carbocycles. The molecule has 0 heterocycles. The fourth-order valence-corrected chi connectivity index (χ4v) is 2.22. The Morgan fingerprint density at radius 2 is 1.82 bits per heavy atom. The molecule has 0 aliphatic rings. The topological polar surface area (TPSA) is 46.5 Å². The lowest BCUT2D eigenvalue weighted by atomic mass is 9.93. The first-order valence-electron chi connectivity index (χ1n) is 5.78. The maximum Gasteiger partial charge on any atom is 0.305 e. The third-order valence-corrected chi connectivity index (χ3v) is 2.92. The van der Waals surface area contributed by atoms with Crippen molar-refractivity contribution in [3.63, 3.8) is 0 Å². The summed E-state index contributed by atoms with van der Waals surface area (Å²) in [5, 5.41) is 10.1.